The summed E-state index contributed by atoms with van der Waals surface area (Å²) in [7, 11) is 0. The first-order valence-corrected chi connectivity index (χ1v) is 5.01. The second-order valence-electron chi connectivity index (χ2n) is 3.52. The molecule has 0 unspecified atom stereocenters. The van der Waals surface area contributed by atoms with Gasteiger partial charge in [0.1, 0.15) is 11.6 Å². The van der Waals surface area contributed by atoms with Crippen LogP contribution in [0.15, 0.2) is 30.5 Å². The maximum atomic E-state index is 10.8. The lowest BCUT2D eigenvalue weighted by atomic mass is 10.2. The SMILES string of the molecule is N#Cc1ccc(-n2ccc(C(=O)O)n2)cc1[N+](=O)[O-]. The number of rotatable bonds is 3. The Hall–Kier alpha value is -3.21. The van der Waals surface area contributed by atoms with Gasteiger partial charge in [-0.15, -0.1) is 0 Å². The van der Waals surface area contributed by atoms with Gasteiger partial charge in [-0.05, 0) is 18.2 Å². The first-order chi connectivity index (χ1) is 9.02. The summed E-state index contributed by atoms with van der Waals surface area (Å²) >= 11 is 0. The second kappa shape index (κ2) is 4.58. The van der Waals surface area contributed by atoms with Crippen molar-refractivity contribution in [2.75, 3.05) is 0 Å². The number of carboxylic acids is 1. The molecule has 2 aromatic rings. The van der Waals surface area contributed by atoms with E-state index in [9.17, 15) is 14.9 Å². The van der Waals surface area contributed by atoms with E-state index in [0.29, 0.717) is 5.69 Å². The minimum absolute atomic E-state index is 0.0700. The van der Waals surface area contributed by atoms with E-state index in [4.69, 9.17) is 10.4 Å². The van der Waals surface area contributed by atoms with E-state index in [1.165, 1.54) is 29.1 Å². The summed E-state index contributed by atoms with van der Waals surface area (Å²) in [6.45, 7) is 0. The Balaban J connectivity index is 2.51. The molecule has 19 heavy (non-hydrogen) atoms. The number of carbonyl (C=O) groups is 1. The van der Waals surface area contributed by atoms with Gasteiger partial charge >= 0.3 is 5.97 Å². The second-order valence-corrected chi connectivity index (χ2v) is 3.52. The molecule has 0 aliphatic heterocycles. The summed E-state index contributed by atoms with van der Waals surface area (Å²) in [5.74, 6) is -1.19. The Morgan fingerprint density at radius 2 is 2.21 bits per heavy atom. The third-order valence-corrected chi connectivity index (χ3v) is 2.37. The zero-order valence-electron chi connectivity index (χ0n) is 9.35. The van der Waals surface area contributed by atoms with E-state index in [0.717, 1.165) is 6.07 Å². The molecule has 2 rings (SSSR count). The summed E-state index contributed by atoms with van der Waals surface area (Å²) in [5.41, 5.74) is -0.294. The van der Waals surface area contributed by atoms with Gasteiger partial charge in [0.2, 0.25) is 0 Å². The molecule has 0 saturated carbocycles. The average Bonchev–Trinajstić information content (AvgIpc) is 2.87. The largest absolute Gasteiger partial charge is 0.476 e. The van der Waals surface area contributed by atoms with Crippen molar-refractivity contribution in [2.45, 2.75) is 0 Å². The molecule has 0 saturated heterocycles. The van der Waals surface area contributed by atoms with Crippen LogP contribution in [-0.4, -0.2) is 25.8 Å². The summed E-state index contributed by atoms with van der Waals surface area (Å²) in [5, 5.41) is 32.0. The maximum Gasteiger partial charge on any atom is 0.356 e. The highest BCUT2D eigenvalue weighted by Crippen LogP contribution is 2.21. The van der Waals surface area contributed by atoms with E-state index in [1.54, 1.807) is 6.07 Å². The third-order valence-electron chi connectivity index (χ3n) is 2.37. The summed E-state index contributed by atoms with van der Waals surface area (Å²) in [6, 6.07) is 6.88. The van der Waals surface area contributed by atoms with Crippen molar-refractivity contribution >= 4 is 11.7 Å². The molecule has 1 aromatic carbocycles. The summed E-state index contributed by atoms with van der Waals surface area (Å²) < 4.78 is 1.19. The van der Waals surface area contributed by atoms with Gasteiger partial charge in [-0.3, -0.25) is 10.1 Å². The number of hydrogen-bond donors (Lipinski definition) is 1. The van der Waals surface area contributed by atoms with Crippen molar-refractivity contribution in [3.05, 3.63) is 51.8 Å². The number of nitriles is 1. The van der Waals surface area contributed by atoms with Gasteiger partial charge in [0, 0.05) is 12.3 Å². The fourth-order valence-corrected chi connectivity index (χ4v) is 1.49. The fourth-order valence-electron chi connectivity index (χ4n) is 1.49. The minimum Gasteiger partial charge on any atom is -0.476 e. The van der Waals surface area contributed by atoms with Crippen LogP contribution < -0.4 is 0 Å². The van der Waals surface area contributed by atoms with Crippen LogP contribution in [0.1, 0.15) is 16.1 Å². The molecule has 0 atom stereocenters. The Morgan fingerprint density at radius 3 is 2.74 bits per heavy atom. The molecule has 94 valence electrons. The van der Waals surface area contributed by atoms with Crippen molar-refractivity contribution in [1.29, 1.82) is 5.26 Å². The van der Waals surface area contributed by atoms with Gasteiger partial charge in [0.15, 0.2) is 5.69 Å². The fraction of sp³-hybridized carbons (Fsp3) is 0. The Labute approximate surface area is 106 Å². The van der Waals surface area contributed by atoms with Gasteiger partial charge in [0.25, 0.3) is 5.69 Å². The molecular formula is C11H6N4O4. The molecule has 1 aromatic heterocycles. The molecular weight excluding hydrogens is 252 g/mol. The van der Waals surface area contributed by atoms with Gasteiger partial charge in [0.05, 0.1) is 10.6 Å². The van der Waals surface area contributed by atoms with Crippen LogP contribution in [0.5, 0.6) is 0 Å². The molecule has 0 bridgehead atoms. The number of hydrogen-bond acceptors (Lipinski definition) is 5. The molecule has 0 spiro atoms. The Bertz CT molecular complexity index is 714. The molecule has 0 amide bonds. The van der Waals surface area contributed by atoms with Crippen LogP contribution in [0, 0.1) is 21.4 Å². The highest BCUT2D eigenvalue weighted by Gasteiger charge is 2.16. The molecule has 8 heteroatoms. The Kier molecular flexibility index (Phi) is 2.95. The third kappa shape index (κ3) is 2.25. The summed E-state index contributed by atoms with van der Waals surface area (Å²) in [4.78, 5) is 20.8. The predicted molar refractivity (Wildman–Crippen MR) is 61.9 cm³/mol. The first-order valence-electron chi connectivity index (χ1n) is 5.01. The lowest BCUT2D eigenvalue weighted by Crippen LogP contribution is -2.02. The molecule has 0 aliphatic rings. The van der Waals surface area contributed by atoms with Gasteiger partial charge < -0.3 is 5.11 Å². The van der Waals surface area contributed by atoms with E-state index in [1.807, 2.05) is 0 Å². The van der Waals surface area contributed by atoms with E-state index in [-0.39, 0.29) is 16.9 Å². The van der Waals surface area contributed by atoms with Crippen LogP contribution in [-0.2, 0) is 0 Å². The van der Waals surface area contributed by atoms with E-state index in [2.05, 4.69) is 5.10 Å². The maximum absolute atomic E-state index is 10.8. The molecule has 0 radical (unpaired) electrons. The number of nitro groups is 1. The normalized spacial score (nSPS) is 9.84. The molecule has 0 fully saturated rings. The number of aromatic carboxylic acids is 1. The van der Waals surface area contributed by atoms with Crippen molar-refractivity contribution in [3.8, 4) is 11.8 Å². The average molecular weight is 258 g/mol. The minimum atomic E-state index is -1.19. The van der Waals surface area contributed by atoms with Gasteiger partial charge in [-0.1, -0.05) is 0 Å². The smallest absolute Gasteiger partial charge is 0.356 e. The lowest BCUT2D eigenvalue weighted by molar-refractivity contribution is -0.385. The van der Waals surface area contributed by atoms with E-state index < -0.39 is 10.9 Å². The standard InChI is InChI=1S/C11H6N4O4/c12-6-7-1-2-8(5-10(7)15(18)19)14-4-3-9(13-14)11(16)17/h1-5H,(H,16,17). The van der Waals surface area contributed by atoms with Gasteiger partial charge in [-0.2, -0.15) is 10.4 Å². The van der Waals surface area contributed by atoms with Crippen LogP contribution in [0.25, 0.3) is 5.69 Å². The van der Waals surface area contributed by atoms with Crippen LogP contribution in [0.2, 0.25) is 0 Å². The number of nitrogens with zero attached hydrogens (tertiary/aromatic N) is 4. The number of aromatic nitrogens is 2. The van der Waals surface area contributed by atoms with Crippen LogP contribution in [0.4, 0.5) is 5.69 Å². The Morgan fingerprint density at radius 1 is 1.47 bits per heavy atom. The molecule has 0 aliphatic carbocycles. The first kappa shape index (κ1) is 12.3. The van der Waals surface area contributed by atoms with Crippen LogP contribution in [0.3, 0.4) is 0 Å². The predicted octanol–water partition coefficient (Wildman–Crippen LogP) is 1.35. The number of nitro benzene ring substituents is 1. The summed E-state index contributed by atoms with van der Waals surface area (Å²) in [6.07, 6.45) is 1.37. The topological polar surface area (TPSA) is 122 Å². The molecule has 8 nitrogen and oxygen atoms in total. The van der Waals surface area contributed by atoms with Gasteiger partial charge in [-0.25, -0.2) is 9.48 Å². The number of carboxylic acid groups (broad SMARTS) is 1. The highest BCUT2D eigenvalue weighted by atomic mass is 16.6. The highest BCUT2D eigenvalue weighted by molar-refractivity contribution is 5.85. The molecule has 1 heterocycles. The van der Waals surface area contributed by atoms with Crippen molar-refractivity contribution in [2.24, 2.45) is 0 Å². The van der Waals surface area contributed by atoms with Crippen LogP contribution >= 0.6 is 0 Å². The zero-order valence-corrected chi connectivity index (χ0v) is 9.35. The van der Waals surface area contributed by atoms with Crippen molar-refractivity contribution in [3.63, 3.8) is 0 Å². The quantitative estimate of drug-likeness (QED) is 0.654. The van der Waals surface area contributed by atoms with E-state index >= 15 is 0 Å². The number of benzene rings is 1. The lowest BCUT2D eigenvalue weighted by Gasteiger charge is -2.01. The zero-order chi connectivity index (χ0) is 14.0. The molecule has 1 N–H and O–H groups in total. The van der Waals surface area contributed by atoms with Crippen molar-refractivity contribution in [1.82, 2.24) is 9.78 Å². The monoisotopic (exact) mass is 258 g/mol. The van der Waals surface area contributed by atoms with Crippen molar-refractivity contribution < 1.29 is 14.8 Å².